The maximum absolute atomic E-state index is 13.4. The van der Waals surface area contributed by atoms with Gasteiger partial charge in [-0.2, -0.15) is 0 Å². The number of carbonyl (C=O) groups is 2. The number of rotatable bonds is 1. The van der Waals surface area contributed by atoms with Crippen LogP contribution < -0.4 is 16.6 Å². The quantitative estimate of drug-likeness (QED) is 0.610. The zero-order valence-corrected chi connectivity index (χ0v) is 12.1. The highest BCUT2D eigenvalue weighted by atomic mass is 35.5. The molecule has 0 radical (unpaired) electrons. The average molecular weight is 342 g/mol. The third-order valence-corrected chi connectivity index (χ3v) is 4.06. The van der Waals surface area contributed by atoms with E-state index in [1.165, 1.54) is 6.07 Å². The van der Waals surface area contributed by atoms with Crippen LogP contribution in [0.4, 0.5) is 10.2 Å². The summed E-state index contributed by atoms with van der Waals surface area (Å²) in [7, 11) is 0. The van der Waals surface area contributed by atoms with Crippen molar-refractivity contribution < 1.29 is 14.0 Å². The minimum atomic E-state index is -0.767. The number of carbonyl (C=O) groups excluding carboxylic acids is 2. The summed E-state index contributed by atoms with van der Waals surface area (Å²) >= 11 is 11.6. The fourth-order valence-electron chi connectivity index (χ4n) is 2.22. The summed E-state index contributed by atoms with van der Waals surface area (Å²) in [5.74, 6) is -2.48. The molecule has 0 atom stereocenters. The molecule has 1 aliphatic rings. The van der Waals surface area contributed by atoms with Gasteiger partial charge in [0.25, 0.3) is 17.4 Å². The van der Waals surface area contributed by atoms with Crippen molar-refractivity contribution in [2.24, 2.45) is 0 Å². The van der Waals surface area contributed by atoms with Crippen molar-refractivity contribution in [3.63, 3.8) is 0 Å². The first-order chi connectivity index (χ1) is 10.3. The molecule has 112 valence electrons. The molecule has 0 aliphatic carbocycles. The lowest BCUT2D eigenvalue weighted by molar-refractivity contribution is 0.0880. The number of anilines is 1. The highest BCUT2D eigenvalue weighted by Crippen LogP contribution is 2.32. The van der Waals surface area contributed by atoms with Gasteiger partial charge in [-0.15, -0.1) is 0 Å². The molecule has 2 aromatic rings. The first-order valence-electron chi connectivity index (χ1n) is 5.88. The number of nitrogens with two attached hydrogens (primary N) is 1. The van der Waals surface area contributed by atoms with E-state index in [-0.39, 0.29) is 32.7 Å². The van der Waals surface area contributed by atoms with E-state index >= 15 is 0 Å². The lowest BCUT2D eigenvalue weighted by atomic mass is 10.1. The standard InChI is InChI=1S/C13H6Cl2FN3O3/c14-9-5(16)1-2-6(10(9)15)19-7(20)3-4-8(11(19)17)13(22)18-12(4)21/h1-3H,17H2,(H,18,21,22). The Morgan fingerprint density at radius 2 is 1.77 bits per heavy atom. The molecular formula is C13H6Cl2FN3O3. The minimum Gasteiger partial charge on any atom is -0.384 e. The van der Waals surface area contributed by atoms with Crippen molar-refractivity contribution >= 4 is 40.8 Å². The van der Waals surface area contributed by atoms with E-state index in [0.717, 1.165) is 16.7 Å². The van der Waals surface area contributed by atoms with Crippen LogP contribution in [0.3, 0.4) is 0 Å². The zero-order chi connectivity index (χ0) is 16.2. The Kier molecular flexibility index (Phi) is 3.19. The summed E-state index contributed by atoms with van der Waals surface area (Å²) in [5, 5.41) is 1.42. The highest BCUT2D eigenvalue weighted by Gasteiger charge is 2.32. The first kappa shape index (κ1) is 14.6. The van der Waals surface area contributed by atoms with Gasteiger partial charge >= 0.3 is 0 Å². The first-order valence-corrected chi connectivity index (χ1v) is 6.63. The number of nitrogens with one attached hydrogen (secondary N) is 1. The van der Waals surface area contributed by atoms with E-state index in [1.54, 1.807) is 0 Å². The Morgan fingerprint density at radius 3 is 2.45 bits per heavy atom. The Labute approximate surface area is 132 Å². The second kappa shape index (κ2) is 4.82. The van der Waals surface area contributed by atoms with Crippen LogP contribution in [0.5, 0.6) is 0 Å². The molecule has 0 saturated heterocycles. The molecule has 2 amide bonds. The van der Waals surface area contributed by atoms with Gasteiger partial charge in [0.15, 0.2) is 0 Å². The number of fused-ring (bicyclic) bond motifs is 1. The van der Waals surface area contributed by atoms with Gasteiger partial charge in [-0.25, -0.2) is 4.39 Å². The maximum Gasteiger partial charge on any atom is 0.262 e. The Bertz CT molecular complexity index is 924. The van der Waals surface area contributed by atoms with Gasteiger partial charge in [0.2, 0.25) is 0 Å². The molecule has 0 bridgehead atoms. The molecule has 0 unspecified atom stereocenters. The molecule has 3 N–H and O–H groups in total. The van der Waals surface area contributed by atoms with E-state index in [1.807, 2.05) is 5.32 Å². The smallest absolute Gasteiger partial charge is 0.262 e. The predicted molar refractivity (Wildman–Crippen MR) is 78.2 cm³/mol. The fourth-order valence-corrected chi connectivity index (χ4v) is 2.61. The lowest BCUT2D eigenvalue weighted by Crippen LogP contribution is -2.24. The third kappa shape index (κ3) is 1.90. The second-order valence-corrected chi connectivity index (χ2v) is 5.23. The monoisotopic (exact) mass is 341 g/mol. The van der Waals surface area contributed by atoms with Crippen LogP contribution in [0.2, 0.25) is 10.0 Å². The van der Waals surface area contributed by atoms with Crippen molar-refractivity contribution in [3.05, 3.63) is 55.5 Å². The number of aromatic nitrogens is 1. The molecule has 3 rings (SSSR count). The molecule has 22 heavy (non-hydrogen) atoms. The predicted octanol–water partition coefficient (Wildman–Crippen LogP) is 1.75. The molecule has 1 aromatic heterocycles. The molecule has 0 spiro atoms. The van der Waals surface area contributed by atoms with Gasteiger partial charge in [-0.05, 0) is 12.1 Å². The number of hydrogen-bond acceptors (Lipinski definition) is 4. The number of pyridine rings is 1. The van der Waals surface area contributed by atoms with Crippen molar-refractivity contribution in [1.29, 1.82) is 0 Å². The van der Waals surface area contributed by atoms with Crippen molar-refractivity contribution in [2.75, 3.05) is 5.73 Å². The van der Waals surface area contributed by atoms with Crippen LogP contribution in [0.1, 0.15) is 20.7 Å². The van der Waals surface area contributed by atoms with E-state index in [4.69, 9.17) is 28.9 Å². The van der Waals surface area contributed by atoms with Crippen molar-refractivity contribution in [2.45, 2.75) is 0 Å². The van der Waals surface area contributed by atoms with E-state index in [9.17, 15) is 18.8 Å². The lowest BCUT2D eigenvalue weighted by Gasteiger charge is -2.14. The Balaban J connectivity index is 2.38. The number of amides is 2. The molecule has 6 nitrogen and oxygen atoms in total. The summed E-state index contributed by atoms with van der Waals surface area (Å²) < 4.78 is 14.3. The van der Waals surface area contributed by atoms with Gasteiger partial charge < -0.3 is 5.73 Å². The summed E-state index contributed by atoms with van der Waals surface area (Å²) in [6.45, 7) is 0. The van der Waals surface area contributed by atoms with Crippen LogP contribution in [-0.2, 0) is 0 Å². The molecule has 1 aromatic carbocycles. The number of nitrogens with zero attached hydrogens (tertiary/aromatic N) is 1. The minimum absolute atomic E-state index is 0.00511. The number of imide groups is 1. The largest absolute Gasteiger partial charge is 0.384 e. The summed E-state index contributed by atoms with van der Waals surface area (Å²) in [4.78, 5) is 35.5. The van der Waals surface area contributed by atoms with E-state index in [0.29, 0.717) is 0 Å². The number of halogens is 3. The molecule has 0 fully saturated rings. The Hall–Kier alpha value is -2.38. The van der Waals surface area contributed by atoms with E-state index in [2.05, 4.69) is 0 Å². The van der Waals surface area contributed by atoms with Crippen molar-refractivity contribution in [3.8, 4) is 5.69 Å². The summed E-state index contributed by atoms with van der Waals surface area (Å²) in [6.07, 6.45) is 0. The van der Waals surface area contributed by atoms with Crippen molar-refractivity contribution in [1.82, 2.24) is 9.88 Å². The molecule has 9 heteroatoms. The van der Waals surface area contributed by atoms with Gasteiger partial charge in [-0.3, -0.25) is 24.3 Å². The second-order valence-electron chi connectivity index (χ2n) is 4.47. The SMILES string of the molecule is Nc1c2c(cc(=O)n1-c1ccc(F)c(Cl)c1Cl)C(=O)NC2=O. The maximum atomic E-state index is 13.4. The van der Waals surface area contributed by atoms with Crippen LogP contribution in [0, 0.1) is 5.82 Å². The van der Waals surface area contributed by atoms with Gasteiger partial charge in [0, 0.05) is 6.07 Å². The average Bonchev–Trinajstić information content (AvgIpc) is 2.73. The molecule has 1 aliphatic heterocycles. The third-order valence-electron chi connectivity index (χ3n) is 3.21. The Morgan fingerprint density at radius 1 is 1.09 bits per heavy atom. The normalized spacial score (nSPS) is 13.2. The molecule has 0 saturated carbocycles. The fraction of sp³-hybridized carbons (Fsp3) is 0. The van der Waals surface area contributed by atoms with Crippen LogP contribution in [-0.4, -0.2) is 16.4 Å². The van der Waals surface area contributed by atoms with E-state index < -0.39 is 23.2 Å². The number of hydrogen-bond donors (Lipinski definition) is 2. The van der Waals surface area contributed by atoms with Gasteiger partial charge in [0.05, 0.1) is 26.9 Å². The summed E-state index contributed by atoms with van der Waals surface area (Å²) in [5.41, 5.74) is 4.88. The number of nitrogen functional groups attached to an aromatic ring is 1. The van der Waals surface area contributed by atoms with Gasteiger partial charge in [-0.1, -0.05) is 23.2 Å². The topological polar surface area (TPSA) is 94.2 Å². The van der Waals surface area contributed by atoms with Crippen LogP contribution in [0.15, 0.2) is 23.0 Å². The molecule has 2 heterocycles. The van der Waals surface area contributed by atoms with Crippen LogP contribution in [0.25, 0.3) is 5.69 Å². The number of benzene rings is 1. The summed E-state index contributed by atoms with van der Waals surface area (Å²) in [6, 6.07) is 3.16. The zero-order valence-electron chi connectivity index (χ0n) is 10.6. The molecular weight excluding hydrogens is 336 g/mol. The van der Waals surface area contributed by atoms with Gasteiger partial charge in [0.1, 0.15) is 11.6 Å². The highest BCUT2D eigenvalue weighted by molar-refractivity contribution is 6.43. The van der Waals surface area contributed by atoms with Crippen LogP contribution >= 0.6 is 23.2 Å².